The zero-order valence-corrected chi connectivity index (χ0v) is 18.6. The number of aryl methyl sites for hydroxylation is 1. The van der Waals surface area contributed by atoms with Crippen molar-refractivity contribution < 1.29 is 8.42 Å². The summed E-state index contributed by atoms with van der Waals surface area (Å²) in [6.45, 7) is 8.45. The average Bonchev–Trinajstić information content (AvgIpc) is 3.15. The summed E-state index contributed by atoms with van der Waals surface area (Å²) in [5.41, 5.74) is 4.27. The summed E-state index contributed by atoms with van der Waals surface area (Å²) >= 11 is 0. The highest BCUT2D eigenvalue weighted by atomic mass is 32.2. The zero-order chi connectivity index (χ0) is 20.9. The summed E-state index contributed by atoms with van der Waals surface area (Å²) in [7, 11) is -3.19. The maximum Gasteiger partial charge on any atom is 0.225 e. The van der Waals surface area contributed by atoms with E-state index in [1.165, 1.54) is 17.5 Å². The van der Waals surface area contributed by atoms with Gasteiger partial charge in [-0.2, -0.15) is 0 Å². The molecule has 0 saturated carbocycles. The number of benzene rings is 1. The highest BCUT2D eigenvalue weighted by Crippen LogP contribution is 2.40. The summed E-state index contributed by atoms with van der Waals surface area (Å²) in [5, 5.41) is -0.364. The maximum absolute atomic E-state index is 13.0. The number of aromatic nitrogens is 2. The second-order valence-corrected chi connectivity index (χ2v) is 11.6. The largest absolute Gasteiger partial charge is 0.341 e. The SMILES string of the molecule is Cc1ccccc1CN1C[C@H]2c3nc(N4CCCC(C)C4)ncc3CS(=O)(=O)[C@H]2C1. The molecule has 1 aromatic carbocycles. The van der Waals surface area contributed by atoms with Gasteiger partial charge in [-0.15, -0.1) is 0 Å². The van der Waals surface area contributed by atoms with E-state index in [1.54, 1.807) is 6.20 Å². The van der Waals surface area contributed by atoms with Crippen molar-refractivity contribution in [3.05, 3.63) is 52.8 Å². The monoisotopic (exact) mass is 426 g/mol. The first kappa shape index (κ1) is 19.9. The molecule has 2 fully saturated rings. The van der Waals surface area contributed by atoms with E-state index in [0.29, 0.717) is 12.5 Å². The topological polar surface area (TPSA) is 66.4 Å². The number of nitrogens with zero attached hydrogens (tertiary/aromatic N) is 4. The summed E-state index contributed by atoms with van der Waals surface area (Å²) in [5.74, 6) is 1.42. The van der Waals surface area contributed by atoms with E-state index in [4.69, 9.17) is 4.98 Å². The Morgan fingerprint density at radius 1 is 1.17 bits per heavy atom. The van der Waals surface area contributed by atoms with Crippen LogP contribution in [0.3, 0.4) is 0 Å². The van der Waals surface area contributed by atoms with E-state index in [2.05, 4.69) is 46.8 Å². The van der Waals surface area contributed by atoms with Crippen LogP contribution < -0.4 is 4.90 Å². The van der Waals surface area contributed by atoms with Crippen molar-refractivity contribution in [1.82, 2.24) is 14.9 Å². The minimum absolute atomic E-state index is 0.0632. The van der Waals surface area contributed by atoms with Gasteiger partial charge in [0.05, 0.1) is 16.7 Å². The van der Waals surface area contributed by atoms with Crippen LogP contribution in [-0.4, -0.2) is 54.7 Å². The highest BCUT2D eigenvalue weighted by molar-refractivity contribution is 7.91. The van der Waals surface area contributed by atoms with E-state index in [0.717, 1.165) is 49.8 Å². The number of hydrogen-bond donors (Lipinski definition) is 0. The second-order valence-electron chi connectivity index (χ2n) is 9.35. The predicted molar refractivity (Wildman–Crippen MR) is 118 cm³/mol. The molecule has 5 rings (SSSR count). The van der Waals surface area contributed by atoms with Gasteiger partial charge in [-0.1, -0.05) is 31.2 Å². The smallest absolute Gasteiger partial charge is 0.225 e. The molecule has 1 unspecified atom stereocenters. The molecule has 0 N–H and O–H groups in total. The fraction of sp³-hybridized carbons (Fsp3) is 0.565. The van der Waals surface area contributed by atoms with Gasteiger partial charge >= 0.3 is 0 Å². The number of piperidine rings is 1. The van der Waals surface area contributed by atoms with Crippen molar-refractivity contribution in [3.63, 3.8) is 0 Å². The molecule has 2 saturated heterocycles. The first-order valence-electron chi connectivity index (χ1n) is 11.0. The van der Waals surface area contributed by atoms with E-state index in [9.17, 15) is 8.42 Å². The van der Waals surface area contributed by atoms with Gasteiger partial charge in [0.15, 0.2) is 9.84 Å². The quantitative estimate of drug-likeness (QED) is 0.752. The number of sulfone groups is 1. The molecule has 2 aromatic rings. The molecule has 30 heavy (non-hydrogen) atoms. The lowest BCUT2D eigenvalue weighted by Gasteiger charge is -2.32. The average molecular weight is 427 g/mol. The van der Waals surface area contributed by atoms with E-state index >= 15 is 0 Å². The van der Waals surface area contributed by atoms with Gasteiger partial charge in [-0.25, -0.2) is 18.4 Å². The van der Waals surface area contributed by atoms with Crippen LogP contribution >= 0.6 is 0 Å². The summed E-state index contributed by atoms with van der Waals surface area (Å²) < 4.78 is 26.1. The molecular formula is C23H30N4O2S. The third kappa shape index (κ3) is 3.62. The third-order valence-electron chi connectivity index (χ3n) is 6.99. The van der Waals surface area contributed by atoms with Crippen molar-refractivity contribution in [2.24, 2.45) is 5.92 Å². The van der Waals surface area contributed by atoms with Crippen LogP contribution in [0.2, 0.25) is 0 Å². The Morgan fingerprint density at radius 3 is 2.80 bits per heavy atom. The molecule has 3 aliphatic heterocycles. The number of rotatable bonds is 3. The molecule has 0 spiro atoms. The van der Waals surface area contributed by atoms with Crippen molar-refractivity contribution in [2.45, 2.75) is 50.2 Å². The summed E-state index contributed by atoms with van der Waals surface area (Å²) in [4.78, 5) is 14.1. The molecule has 160 valence electrons. The first-order valence-corrected chi connectivity index (χ1v) is 12.7. The molecule has 0 radical (unpaired) electrons. The van der Waals surface area contributed by atoms with Crippen molar-refractivity contribution in [3.8, 4) is 0 Å². The van der Waals surface area contributed by atoms with Crippen LogP contribution in [0.1, 0.15) is 48.1 Å². The fourth-order valence-corrected chi connectivity index (χ4v) is 7.35. The van der Waals surface area contributed by atoms with Crippen LogP contribution in [0.4, 0.5) is 5.95 Å². The van der Waals surface area contributed by atoms with Crippen LogP contribution in [0.15, 0.2) is 30.5 Å². The maximum atomic E-state index is 13.0. The molecule has 4 heterocycles. The Morgan fingerprint density at radius 2 is 2.00 bits per heavy atom. The number of hydrogen-bond acceptors (Lipinski definition) is 6. The Kier molecular flexibility index (Phi) is 5.06. The van der Waals surface area contributed by atoms with Crippen molar-refractivity contribution in [2.75, 3.05) is 31.1 Å². The molecule has 7 heteroatoms. The lowest BCUT2D eigenvalue weighted by molar-refractivity contribution is 0.326. The molecular weight excluding hydrogens is 396 g/mol. The molecule has 0 bridgehead atoms. The standard InChI is InChI=1S/C23H30N4O2S/c1-16-6-5-9-27(11-16)23-24-10-19-15-30(28,29)21-14-26(13-20(21)22(19)25-23)12-18-8-4-3-7-17(18)2/h3-4,7-8,10,16,20-21H,5-6,9,11-15H2,1-2H3/t16?,20-,21+/m1/s1. The van der Waals surface area contributed by atoms with Gasteiger partial charge in [-0.3, -0.25) is 4.90 Å². The Balaban J connectivity index is 1.44. The van der Waals surface area contributed by atoms with Gasteiger partial charge in [-0.05, 0) is 36.8 Å². The van der Waals surface area contributed by atoms with Gasteiger partial charge in [0.2, 0.25) is 5.95 Å². The normalized spacial score (nSPS) is 28.2. The molecule has 0 amide bonds. The molecule has 3 atom stereocenters. The number of likely N-dealkylation sites (tertiary alicyclic amines) is 1. The summed E-state index contributed by atoms with van der Waals surface area (Å²) in [6, 6.07) is 8.35. The minimum Gasteiger partial charge on any atom is -0.341 e. The highest BCUT2D eigenvalue weighted by Gasteiger charge is 2.47. The van der Waals surface area contributed by atoms with Gasteiger partial charge in [0, 0.05) is 50.4 Å². The Labute approximate surface area is 179 Å². The van der Waals surface area contributed by atoms with Crippen LogP contribution in [-0.2, 0) is 22.1 Å². The van der Waals surface area contributed by atoms with E-state index < -0.39 is 9.84 Å². The predicted octanol–water partition coefficient (Wildman–Crippen LogP) is 2.92. The van der Waals surface area contributed by atoms with Crippen molar-refractivity contribution in [1.29, 1.82) is 0 Å². The minimum atomic E-state index is -3.19. The van der Waals surface area contributed by atoms with Crippen molar-refractivity contribution >= 4 is 15.8 Å². The Bertz CT molecular complexity index is 1050. The Hall–Kier alpha value is -1.99. The van der Waals surface area contributed by atoms with Crippen LogP contribution in [0.25, 0.3) is 0 Å². The van der Waals surface area contributed by atoms with E-state index in [1.807, 2.05) is 6.07 Å². The third-order valence-corrected chi connectivity index (χ3v) is 9.10. The fourth-order valence-electron chi connectivity index (χ4n) is 5.33. The van der Waals surface area contributed by atoms with Crippen LogP contribution in [0.5, 0.6) is 0 Å². The van der Waals surface area contributed by atoms with Crippen LogP contribution in [0, 0.1) is 12.8 Å². The lowest BCUT2D eigenvalue weighted by Crippen LogP contribution is -2.38. The number of fused-ring (bicyclic) bond motifs is 3. The number of anilines is 1. The molecule has 3 aliphatic rings. The van der Waals surface area contributed by atoms with Gasteiger partial charge in [0.25, 0.3) is 0 Å². The zero-order valence-electron chi connectivity index (χ0n) is 17.8. The first-order chi connectivity index (χ1) is 14.4. The molecule has 0 aliphatic carbocycles. The van der Waals surface area contributed by atoms with Gasteiger partial charge < -0.3 is 4.90 Å². The van der Waals surface area contributed by atoms with E-state index in [-0.39, 0.29) is 16.9 Å². The lowest BCUT2D eigenvalue weighted by atomic mass is 9.99. The molecule has 1 aromatic heterocycles. The summed E-state index contributed by atoms with van der Waals surface area (Å²) in [6.07, 6.45) is 4.18. The molecule has 6 nitrogen and oxygen atoms in total. The second kappa shape index (κ2) is 7.61. The van der Waals surface area contributed by atoms with Gasteiger partial charge in [0.1, 0.15) is 0 Å².